The smallest absolute Gasteiger partial charge is 0.323 e. The van der Waals surface area contributed by atoms with E-state index in [4.69, 9.17) is 5.73 Å². The Morgan fingerprint density at radius 1 is 1.05 bits per heavy atom. The van der Waals surface area contributed by atoms with Gasteiger partial charge in [-0.1, -0.05) is 12.1 Å². The van der Waals surface area contributed by atoms with Crippen LogP contribution in [0.4, 0.5) is 29.3 Å². The van der Waals surface area contributed by atoms with E-state index in [0.717, 1.165) is 17.7 Å². The van der Waals surface area contributed by atoms with Gasteiger partial charge in [-0.15, -0.1) is 0 Å². The Balaban J connectivity index is 2.10. The van der Waals surface area contributed by atoms with Crippen LogP contribution in [0.5, 0.6) is 0 Å². The van der Waals surface area contributed by atoms with Crippen molar-refractivity contribution < 1.29 is 18.0 Å². The van der Waals surface area contributed by atoms with E-state index in [0.29, 0.717) is 12.2 Å². The summed E-state index contributed by atoms with van der Waals surface area (Å²) < 4.78 is 39.2. The van der Waals surface area contributed by atoms with E-state index < -0.39 is 29.2 Å². The minimum absolute atomic E-state index is 0.301. The average Bonchev–Trinajstić information content (AvgIpc) is 2.48. The van der Waals surface area contributed by atoms with Gasteiger partial charge >= 0.3 is 6.03 Å². The molecule has 0 aliphatic carbocycles. The van der Waals surface area contributed by atoms with Gasteiger partial charge < -0.3 is 16.4 Å². The van der Waals surface area contributed by atoms with Crippen molar-refractivity contribution >= 4 is 17.4 Å². The summed E-state index contributed by atoms with van der Waals surface area (Å²) in [6, 6.07) is 7.59. The fourth-order valence-corrected chi connectivity index (χ4v) is 1.68. The summed E-state index contributed by atoms with van der Waals surface area (Å²) in [5.41, 5.74) is 6.25. The Kier molecular flexibility index (Phi) is 4.44. The first kappa shape index (κ1) is 14.9. The molecule has 0 radical (unpaired) electrons. The summed E-state index contributed by atoms with van der Waals surface area (Å²) in [6.07, 6.45) is 0. The summed E-state index contributed by atoms with van der Waals surface area (Å²) in [7, 11) is 0. The topological polar surface area (TPSA) is 67.1 Å². The fourth-order valence-electron chi connectivity index (χ4n) is 1.68. The summed E-state index contributed by atoms with van der Waals surface area (Å²) >= 11 is 0. The molecular weight excluding hydrogens is 283 g/mol. The number of carbonyl (C=O) groups excluding carboxylic acids is 1. The molecule has 4 N–H and O–H groups in total. The molecule has 0 fully saturated rings. The quantitative estimate of drug-likeness (QED) is 0.761. The lowest BCUT2D eigenvalue weighted by Crippen LogP contribution is -2.20. The van der Waals surface area contributed by atoms with Crippen LogP contribution in [-0.4, -0.2) is 6.03 Å². The molecule has 0 saturated carbocycles. The SMILES string of the molecule is NCc1cccc(NC(=O)Nc2ccc(F)c(F)c2F)c1. The lowest BCUT2D eigenvalue weighted by atomic mass is 10.2. The van der Waals surface area contributed by atoms with Crippen LogP contribution in [0.25, 0.3) is 0 Å². The molecule has 0 atom stereocenters. The highest BCUT2D eigenvalue weighted by Crippen LogP contribution is 2.20. The third-order valence-electron chi connectivity index (χ3n) is 2.70. The number of nitrogens with one attached hydrogen (secondary N) is 2. The van der Waals surface area contributed by atoms with Gasteiger partial charge in [0.15, 0.2) is 17.5 Å². The fraction of sp³-hybridized carbons (Fsp3) is 0.0714. The van der Waals surface area contributed by atoms with Gasteiger partial charge in [-0.3, -0.25) is 0 Å². The molecule has 0 aliphatic heterocycles. The molecule has 0 saturated heterocycles. The van der Waals surface area contributed by atoms with Crippen molar-refractivity contribution in [2.75, 3.05) is 10.6 Å². The molecule has 7 heteroatoms. The predicted molar refractivity (Wildman–Crippen MR) is 73.3 cm³/mol. The van der Waals surface area contributed by atoms with Crippen LogP contribution in [-0.2, 0) is 6.54 Å². The third kappa shape index (κ3) is 3.51. The highest BCUT2D eigenvalue weighted by molar-refractivity contribution is 5.99. The molecule has 4 nitrogen and oxygen atoms in total. The van der Waals surface area contributed by atoms with Crippen LogP contribution in [0, 0.1) is 17.5 Å². The molecule has 110 valence electrons. The Bertz CT molecular complexity index is 677. The van der Waals surface area contributed by atoms with E-state index in [1.54, 1.807) is 24.3 Å². The molecule has 0 aliphatic rings. The molecule has 21 heavy (non-hydrogen) atoms. The zero-order valence-corrected chi connectivity index (χ0v) is 10.8. The average molecular weight is 295 g/mol. The second kappa shape index (κ2) is 6.27. The van der Waals surface area contributed by atoms with E-state index in [1.807, 2.05) is 0 Å². The minimum atomic E-state index is -1.64. The number of amides is 2. The second-order valence-corrected chi connectivity index (χ2v) is 4.21. The van der Waals surface area contributed by atoms with E-state index in [9.17, 15) is 18.0 Å². The number of hydrogen-bond acceptors (Lipinski definition) is 2. The lowest BCUT2D eigenvalue weighted by Gasteiger charge is -2.09. The maximum absolute atomic E-state index is 13.4. The number of anilines is 2. The maximum Gasteiger partial charge on any atom is 0.323 e. The van der Waals surface area contributed by atoms with Gasteiger partial charge in [0.2, 0.25) is 0 Å². The Hall–Kier alpha value is -2.54. The van der Waals surface area contributed by atoms with Crippen LogP contribution in [0.15, 0.2) is 36.4 Å². The van der Waals surface area contributed by atoms with Crippen molar-refractivity contribution in [3.63, 3.8) is 0 Å². The molecule has 0 spiro atoms. The Labute approximate surface area is 118 Å². The second-order valence-electron chi connectivity index (χ2n) is 4.21. The van der Waals surface area contributed by atoms with Crippen molar-refractivity contribution in [2.24, 2.45) is 5.73 Å². The normalized spacial score (nSPS) is 10.3. The Morgan fingerprint density at radius 2 is 1.81 bits per heavy atom. The predicted octanol–water partition coefficient (Wildman–Crippen LogP) is 3.21. The molecule has 2 aromatic rings. The number of rotatable bonds is 3. The first-order valence-electron chi connectivity index (χ1n) is 6.01. The van der Waals surface area contributed by atoms with Gasteiger partial charge in [-0.05, 0) is 29.8 Å². The molecule has 0 bridgehead atoms. The van der Waals surface area contributed by atoms with Crippen molar-refractivity contribution in [3.05, 3.63) is 59.4 Å². The highest BCUT2D eigenvalue weighted by Gasteiger charge is 2.15. The first-order chi connectivity index (χ1) is 10.0. The number of carbonyl (C=O) groups is 1. The zero-order valence-electron chi connectivity index (χ0n) is 10.8. The molecular formula is C14H12F3N3O. The van der Waals surface area contributed by atoms with Gasteiger partial charge in [-0.2, -0.15) is 0 Å². The van der Waals surface area contributed by atoms with E-state index in [-0.39, 0.29) is 0 Å². The van der Waals surface area contributed by atoms with Crippen LogP contribution in [0.3, 0.4) is 0 Å². The van der Waals surface area contributed by atoms with E-state index in [1.165, 1.54) is 0 Å². The lowest BCUT2D eigenvalue weighted by molar-refractivity contribution is 0.262. The highest BCUT2D eigenvalue weighted by atomic mass is 19.2. The zero-order chi connectivity index (χ0) is 15.4. The van der Waals surface area contributed by atoms with Gasteiger partial charge in [0.05, 0.1) is 5.69 Å². The van der Waals surface area contributed by atoms with Crippen LogP contribution in [0.1, 0.15) is 5.56 Å². The largest absolute Gasteiger partial charge is 0.326 e. The van der Waals surface area contributed by atoms with E-state index in [2.05, 4.69) is 10.6 Å². The monoisotopic (exact) mass is 295 g/mol. The van der Waals surface area contributed by atoms with Crippen molar-refractivity contribution in [1.29, 1.82) is 0 Å². The van der Waals surface area contributed by atoms with Crippen molar-refractivity contribution in [1.82, 2.24) is 0 Å². The van der Waals surface area contributed by atoms with E-state index >= 15 is 0 Å². The van der Waals surface area contributed by atoms with Gasteiger partial charge in [0, 0.05) is 12.2 Å². The van der Waals surface area contributed by atoms with Gasteiger partial charge in [0.25, 0.3) is 0 Å². The maximum atomic E-state index is 13.4. The van der Waals surface area contributed by atoms with Gasteiger partial charge in [-0.25, -0.2) is 18.0 Å². The number of hydrogen-bond donors (Lipinski definition) is 3. The summed E-state index contributed by atoms with van der Waals surface area (Å²) in [5, 5.41) is 4.54. The number of halogens is 3. The van der Waals surface area contributed by atoms with Crippen LogP contribution < -0.4 is 16.4 Å². The summed E-state index contributed by atoms with van der Waals surface area (Å²) in [5.74, 6) is -4.42. The summed E-state index contributed by atoms with van der Waals surface area (Å²) in [6.45, 7) is 0.301. The van der Waals surface area contributed by atoms with Crippen molar-refractivity contribution in [3.8, 4) is 0 Å². The molecule has 0 unspecified atom stereocenters. The standard InChI is InChI=1S/C14H12F3N3O/c15-10-4-5-11(13(17)12(10)16)20-14(21)19-9-3-1-2-8(6-9)7-18/h1-6H,7,18H2,(H2,19,20,21). The molecule has 0 heterocycles. The third-order valence-corrected chi connectivity index (χ3v) is 2.70. The van der Waals surface area contributed by atoms with Crippen LogP contribution >= 0.6 is 0 Å². The summed E-state index contributed by atoms with van der Waals surface area (Å²) in [4.78, 5) is 11.7. The number of benzene rings is 2. The number of nitrogens with two attached hydrogens (primary N) is 1. The van der Waals surface area contributed by atoms with Gasteiger partial charge in [0.1, 0.15) is 0 Å². The number of urea groups is 1. The molecule has 2 aromatic carbocycles. The molecule has 2 amide bonds. The molecule has 0 aromatic heterocycles. The Morgan fingerprint density at radius 3 is 2.52 bits per heavy atom. The van der Waals surface area contributed by atoms with Crippen molar-refractivity contribution in [2.45, 2.75) is 6.54 Å². The first-order valence-corrected chi connectivity index (χ1v) is 6.01. The molecule has 2 rings (SSSR count). The van der Waals surface area contributed by atoms with Crippen LogP contribution in [0.2, 0.25) is 0 Å². The minimum Gasteiger partial charge on any atom is -0.326 e.